The average molecular weight is 302 g/mol. The van der Waals surface area contributed by atoms with Crippen molar-refractivity contribution in [3.05, 3.63) is 71.4 Å². The van der Waals surface area contributed by atoms with E-state index in [1.165, 1.54) is 35.7 Å². The van der Waals surface area contributed by atoms with Crippen LogP contribution in [0.15, 0.2) is 54.6 Å². The van der Waals surface area contributed by atoms with E-state index < -0.39 is 0 Å². The number of fused-ring (bicyclic) bond motifs is 3. The highest BCUT2D eigenvalue weighted by Gasteiger charge is 2.34. The van der Waals surface area contributed by atoms with Crippen molar-refractivity contribution in [1.29, 1.82) is 0 Å². The van der Waals surface area contributed by atoms with Gasteiger partial charge in [0.25, 0.3) is 0 Å². The van der Waals surface area contributed by atoms with E-state index in [4.69, 9.17) is 0 Å². The molecule has 0 unspecified atom stereocenters. The Morgan fingerprint density at radius 3 is 2.65 bits per heavy atom. The molecule has 3 aromatic rings. The van der Waals surface area contributed by atoms with Gasteiger partial charge in [0.15, 0.2) is 0 Å². The zero-order chi connectivity index (χ0) is 15.2. The van der Waals surface area contributed by atoms with Gasteiger partial charge in [-0.2, -0.15) is 0 Å². The van der Waals surface area contributed by atoms with Crippen LogP contribution in [-0.4, -0.2) is 16.0 Å². The lowest BCUT2D eigenvalue weighted by molar-refractivity contribution is 0.133. The third-order valence-electron chi connectivity index (χ3n) is 5.62. The summed E-state index contributed by atoms with van der Waals surface area (Å²) in [5, 5.41) is 1.49. The summed E-state index contributed by atoms with van der Waals surface area (Å²) < 4.78 is 2.61. The predicted molar refractivity (Wildman–Crippen MR) is 94.5 cm³/mol. The molecule has 0 amide bonds. The number of nitrogens with zero attached hydrogens (tertiary/aromatic N) is 2. The Balaban J connectivity index is 1.59. The maximum atomic E-state index is 2.70. The zero-order valence-corrected chi connectivity index (χ0v) is 13.4. The first kappa shape index (κ1) is 13.4. The molecule has 23 heavy (non-hydrogen) atoms. The number of aromatic nitrogens is 1. The Bertz CT molecular complexity index is 814. The lowest BCUT2D eigenvalue weighted by atomic mass is 9.89. The Kier molecular flexibility index (Phi) is 3.05. The first-order valence-corrected chi connectivity index (χ1v) is 8.80. The third-order valence-corrected chi connectivity index (χ3v) is 5.62. The predicted octanol–water partition coefficient (Wildman–Crippen LogP) is 4.53. The van der Waals surface area contributed by atoms with Crippen LogP contribution < -0.4 is 0 Å². The number of para-hydroxylation sites is 1. The van der Waals surface area contributed by atoms with Crippen LogP contribution in [0.3, 0.4) is 0 Å². The van der Waals surface area contributed by atoms with Crippen molar-refractivity contribution in [1.82, 2.24) is 9.47 Å². The number of aryl methyl sites for hydroxylation is 1. The summed E-state index contributed by atoms with van der Waals surface area (Å²) in [7, 11) is 0. The molecule has 0 radical (unpaired) electrons. The lowest BCUT2D eigenvalue weighted by Gasteiger charge is -2.40. The SMILES string of the molecule is c1ccc(CN2CCn3c4c(c5ccccc53)CCC[C@H]42)cc1. The van der Waals surface area contributed by atoms with E-state index in [0.29, 0.717) is 6.04 Å². The first-order valence-electron chi connectivity index (χ1n) is 8.80. The monoisotopic (exact) mass is 302 g/mol. The standard InChI is InChI=1S/C21H22N2/c1-2-7-16(8-3-1)15-22-13-14-23-19-11-5-4-9-17(19)18-10-6-12-20(22)21(18)23/h1-5,7-9,11,20H,6,10,12-15H2/t20-/m1/s1. The van der Waals surface area contributed by atoms with Crippen LogP contribution >= 0.6 is 0 Å². The van der Waals surface area contributed by atoms with Crippen LogP contribution in [0, 0.1) is 0 Å². The van der Waals surface area contributed by atoms with Crippen LogP contribution in [0.25, 0.3) is 10.9 Å². The van der Waals surface area contributed by atoms with E-state index in [-0.39, 0.29) is 0 Å². The molecular formula is C21H22N2. The van der Waals surface area contributed by atoms with Gasteiger partial charge in [-0.05, 0) is 36.5 Å². The molecule has 2 aromatic carbocycles. The molecular weight excluding hydrogens is 280 g/mol. The molecule has 0 saturated heterocycles. The molecule has 116 valence electrons. The normalized spacial score (nSPS) is 20.6. The summed E-state index contributed by atoms with van der Waals surface area (Å²) in [4.78, 5) is 2.70. The summed E-state index contributed by atoms with van der Waals surface area (Å²) in [5.41, 5.74) is 6.11. The molecule has 1 aromatic heterocycles. The van der Waals surface area contributed by atoms with Gasteiger partial charge in [0.2, 0.25) is 0 Å². The third kappa shape index (κ3) is 2.05. The fourth-order valence-corrected chi connectivity index (χ4v) is 4.64. The molecule has 0 fully saturated rings. The second-order valence-corrected chi connectivity index (χ2v) is 6.90. The Hall–Kier alpha value is -2.06. The molecule has 0 saturated carbocycles. The number of hydrogen-bond acceptors (Lipinski definition) is 1. The number of hydrogen-bond donors (Lipinski definition) is 0. The zero-order valence-electron chi connectivity index (χ0n) is 13.4. The van der Waals surface area contributed by atoms with E-state index in [0.717, 1.165) is 19.6 Å². The molecule has 1 aliphatic heterocycles. The molecule has 2 aliphatic rings. The summed E-state index contributed by atoms with van der Waals surface area (Å²) >= 11 is 0. The van der Waals surface area contributed by atoms with Crippen LogP contribution in [0.5, 0.6) is 0 Å². The largest absolute Gasteiger partial charge is 0.342 e. The van der Waals surface area contributed by atoms with E-state index >= 15 is 0 Å². The average Bonchev–Trinajstić information content (AvgIpc) is 2.94. The molecule has 5 rings (SSSR count). The van der Waals surface area contributed by atoms with Crippen molar-refractivity contribution in [2.24, 2.45) is 0 Å². The van der Waals surface area contributed by atoms with Gasteiger partial charge in [-0.3, -0.25) is 4.90 Å². The lowest BCUT2D eigenvalue weighted by Crippen LogP contribution is -2.39. The molecule has 0 bridgehead atoms. The highest BCUT2D eigenvalue weighted by molar-refractivity contribution is 5.86. The quantitative estimate of drug-likeness (QED) is 0.675. The fourth-order valence-electron chi connectivity index (χ4n) is 4.64. The van der Waals surface area contributed by atoms with Gasteiger partial charge in [-0.25, -0.2) is 0 Å². The van der Waals surface area contributed by atoms with Gasteiger partial charge in [0, 0.05) is 36.2 Å². The molecule has 0 spiro atoms. The van der Waals surface area contributed by atoms with Gasteiger partial charge in [-0.1, -0.05) is 48.5 Å². The van der Waals surface area contributed by atoms with E-state index in [1.807, 2.05) is 0 Å². The molecule has 1 aliphatic carbocycles. The minimum absolute atomic E-state index is 0.597. The summed E-state index contributed by atoms with van der Waals surface area (Å²) in [6.07, 6.45) is 3.87. The van der Waals surface area contributed by atoms with Crippen LogP contribution in [0.4, 0.5) is 0 Å². The van der Waals surface area contributed by atoms with Crippen molar-refractivity contribution < 1.29 is 0 Å². The topological polar surface area (TPSA) is 8.17 Å². The second kappa shape index (κ2) is 5.24. The van der Waals surface area contributed by atoms with Gasteiger partial charge >= 0.3 is 0 Å². The van der Waals surface area contributed by atoms with Gasteiger partial charge < -0.3 is 4.57 Å². The fraction of sp³-hybridized carbons (Fsp3) is 0.333. The first-order chi connectivity index (χ1) is 11.4. The Labute approximate surface area is 137 Å². The van der Waals surface area contributed by atoms with Crippen molar-refractivity contribution in [2.75, 3.05) is 6.54 Å². The van der Waals surface area contributed by atoms with Gasteiger partial charge in [-0.15, -0.1) is 0 Å². The van der Waals surface area contributed by atoms with Gasteiger partial charge in [0.05, 0.1) is 6.04 Å². The summed E-state index contributed by atoms with van der Waals surface area (Å²) in [6.45, 7) is 3.36. The van der Waals surface area contributed by atoms with Crippen LogP contribution in [0.1, 0.15) is 35.7 Å². The maximum absolute atomic E-state index is 2.70. The van der Waals surface area contributed by atoms with Crippen molar-refractivity contribution in [3.63, 3.8) is 0 Å². The van der Waals surface area contributed by atoms with E-state index in [2.05, 4.69) is 64.1 Å². The van der Waals surface area contributed by atoms with E-state index in [1.54, 1.807) is 11.3 Å². The molecule has 0 N–H and O–H groups in total. The Morgan fingerprint density at radius 2 is 1.74 bits per heavy atom. The summed E-state index contributed by atoms with van der Waals surface area (Å²) in [5.74, 6) is 0. The van der Waals surface area contributed by atoms with Crippen molar-refractivity contribution >= 4 is 10.9 Å². The molecule has 2 heterocycles. The van der Waals surface area contributed by atoms with Crippen molar-refractivity contribution in [3.8, 4) is 0 Å². The van der Waals surface area contributed by atoms with E-state index in [9.17, 15) is 0 Å². The number of rotatable bonds is 2. The Morgan fingerprint density at radius 1 is 0.913 bits per heavy atom. The second-order valence-electron chi connectivity index (χ2n) is 6.90. The minimum Gasteiger partial charge on any atom is -0.342 e. The molecule has 2 heteroatoms. The number of benzene rings is 2. The highest BCUT2D eigenvalue weighted by Crippen LogP contribution is 2.42. The van der Waals surface area contributed by atoms with Gasteiger partial charge in [0.1, 0.15) is 0 Å². The highest BCUT2D eigenvalue weighted by atomic mass is 15.2. The minimum atomic E-state index is 0.597. The van der Waals surface area contributed by atoms with Crippen molar-refractivity contribution in [2.45, 2.75) is 38.4 Å². The summed E-state index contributed by atoms with van der Waals surface area (Å²) in [6, 6.07) is 20.5. The van der Waals surface area contributed by atoms with Crippen LogP contribution in [0.2, 0.25) is 0 Å². The van der Waals surface area contributed by atoms with Crippen LogP contribution in [-0.2, 0) is 19.5 Å². The molecule has 1 atom stereocenters. The maximum Gasteiger partial charge on any atom is 0.0508 e. The smallest absolute Gasteiger partial charge is 0.0508 e. The molecule has 2 nitrogen and oxygen atoms in total.